The third-order valence-electron chi connectivity index (χ3n) is 5.18. The first-order valence-corrected chi connectivity index (χ1v) is 10.2. The Hall–Kier alpha value is -4.38. The largest absolute Gasteiger partial charge is 0.396 e. The smallest absolute Gasteiger partial charge is 0.164 e. The Morgan fingerprint density at radius 3 is 1.44 bits per heavy atom. The number of hydrogen-bond acceptors (Lipinski definition) is 4. The van der Waals surface area contributed by atoms with Crippen molar-refractivity contribution in [3.8, 4) is 45.3 Å². The van der Waals surface area contributed by atoms with Gasteiger partial charge in [0.25, 0.3) is 0 Å². The van der Waals surface area contributed by atoms with Crippen LogP contribution in [-0.4, -0.2) is 15.0 Å². The molecule has 0 unspecified atom stereocenters. The molecule has 4 nitrogen and oxygen atoms in total. The summed E-state index contributed by atoms with van der Waals surface area (Å²) in [4.78, 5) is 13.9. The van der Waals surface area contributed by atoms with Crippen LogP contribution in [0.25, 0.3) is 45.3 Å². The topological polar surface area (TPSA) is 64.7 Å². The molecular formula is C27H19FN4. The van der Waals surface area contributed by atoms with Crippen LogP contribution in [0.5, 0.6) is 0 Å². The first-order valence-electron chi connectivity index (χ1n) is 10.2. The zero-order valence-corrected chi connectivity index (χ0v) is 17.1. The molecule has 0 amide bonds. The van der Waals surface area contributed by atoms with E-state index in [0.717, 1.165) is 22.3 Å². The molecular weight excluding hydrogens is 399 g/mol. The van der Waals surface area contributed by atoms with E-state index in [-0.39, 0.29) is 5.69 Å². The Bertz CT molecular complexity index is 1370. The highest BCUT2D eigenvalue weighted by Crippen LogP contribution is 2.27. The van der Waals surface area contributed by atoms with Gasteiger partial charge in [0.05, 0.1) is 5.69 Å². The van der Waals surface area contributed by atoms with Gasteiger partial charge in [-0.1, -0.05) is 84.9 Å². The molecule has 0 radical (unpaired) electrons. The van der Waals surface area contributed by atoms with Gasteiger partial charge in [-0.3, -0.25) is 0 Å². The number of nitrogens with zero attached hydrogens (tertiary/aromatic N) is 3. The lowest BCUT2D eigenvalue weighted by atomic mass is 10.0. The first-order chi connectivity index (χ1) is 15.7. The van der Waals surface area contributed by atoms with E-state index in [1.165, 1.54) is 12.1 Å². The van der Waals surface area contributed by atoms with Crippen molar-refractivity contribution >= 4 is 5.69 Å². The van der Waals surface area contributed by atoms with Crippen LogP contribution in [0, 0.1) is 5.82 Å². The van der Waals surface area contributed by atoms with Crippen molar-refractivity contribution in [1.29, 1.82) is 0 Å². The van der Waals surface area contributed by atoms with Crippen molar-refractivity contribution in [2.45, 2.75) is 0 Å². The van der Waals surface area contributed by atoms with E-state index in [2.05, 4.69) is 22.1 Å². The maximum absolute atomic E-state index is 14.1. The number of benzene rings is 4. The second kappa shape index (κ2) is 8.40. The number of anilines is 1. The van der Waals surface area contributed by atoms with Gasteiger partial charge in [0.2, 0.25) is 0 Å². The maximum atomic E-state index is 14.1. The average Bonchev–Trinajstić information content (AvgIpc) is 2.86. The van der Waals surface area contributed by atoms with E-state index in [4.69, 9.17) is 10.7 Å². The van der Waals surface area contributed by atoms with Gasteiger partial charge >= 0.3 is 0 Å². The lowest BCUT2D eigenvalue weighted by Crippen LogP contribution is -2.01. The molecule has 5 aromatic rings. The highest BCUT2D eigenvalue weighted by molar-refractivity contribution is 5.70. The zero-order chi connectivity index (χ0) is 21.9. The van der Waals surface area contributed by atoms with Crippen molar-refractivity contribution in [3.63, 3.8) is 0 Å². The molecule has 0 aliphatic rings. The summed E-state index contributed by atoms with van der Waals surface area (Å²) >= 11 is 0. The molecule has 0 aliphatic heterocycles. The summed E-state index contributed by atoms with van der Waals surface area (Å²) in [5, 5.41) is 0. The minimum absolute atomic E-state index is 0.0859. The van der Waals surface area contributed by atoms with Crippen LogP contribution in [-0.2, 0) is 0 Å². The first kappa shape index (κ1) is 19.6. The molecule has 0 fully saturated rings. The molecule has 0 saturated heterocycles. The molecule has 0 saturated carbocycles. The fraction of sp³-hybridized carbons (Fsp3) is 0. The highest BCUT2D eigenvalue weighted by atomic mass is 19.1. The molecule has 5 rings (SSSR count). The summed E-state index contributed by atoms with van der Waals surface area (Å²) in [6, 6.07) is 32.5. The highest BCUT2D eigenvalue weighted by Gasteiger charge is 2.13. The Morgan fingerprint density at radius 2 is 0.875 bits per heavy atom. The summed E-state index contributed by atoms with van der Waals surface area (Å²) in [6.45, 7) is 0. The van der Waals surface area contributed by atoms with E-state index < -0.39 is 5.82 Å². The van der Waals surface area contributed by atoms with Crippen molar-refractivity contribution < 1.29 is 4.39 Å². The van der Waals surface area contributed by atoms with E-state index >= 15 is 0 Å². The molecule has 2 N–H and O–H groups in total. The Morgan fingerprint density at radius 1 is 0.469 bits per heavy atom. The molecule has 0 bridgehead atoms. The quantitative estimate of drug-likeness (QED) is 0.350. The van der Waals surface area contributed by atoms with E-state index in [9.17, 15) is 4.39 Å². The van der Waals surface area contributed by atoms with Crippen LogP contribution in [0.2, 0.25) is 0 Å². The van der Waals surface area contributed by atoms with Crippen molar-refractivity contribution in [1.82, 2.24) is 15.0 Å². The average molecular weight is 418 g/mol. The third-order valence-corrected chi connectivity index (χ3v) is 5.18. The van der Waals surface area contributed by atoms with Crippen LogP contribution in [0.1, 0.15) is 0 Å². The lowest BCUT2D eigenvalue weighted by molar-refractivity contribution is 0.633. The van der Waals surface area contributed by atoms with Crippen LogP contribution >= 0.6 is 0 Å². The number of aromatic nitrogens is 3. The number of rotatable bonds is 4. The summed E-state index contributed by atoms with van der Waals surface area (Å²) in [5.41, 5.74) is 10.2. The Balaban J connectivity index is 1.62. The fourth-order valence-electron chi connectivity index (χ4n) is 3.46. The molecule has 154 valence electrons. The SMILES string of the molecule is Nc1ccc(-c2nc(-c3ccccc3)nc(-c3ccc(-c4ccccc4)cc3)n2)cc1F. The van der Waals surface area contributed by atoms with Crippen molar-refractivity contribution in [2.24, 2.45) is 0 Å². The Labute approximate surface area is 185 Å². The summed E-state index contributed by atoms with van der Waals surface area (Å²) in [5.74, 6) is 0.929. The minimum atomic E-state index is -0.502. The Kier molecular flexibility index (Phi) is 5.14. The molecule has 0 spiro atoms. The molecule has 1 aromatic heterocycles. The summed E-state index contributed by atoms with van der Waals surface area (Å²) < 4.78 is 14.1. The number of hydrogen-bond donors (Lipinski definition) is 1. The molecule has 0 atom stereocenters. The van der Waals surface area contributed by atoms with E-state index in [1.807, 2.05) is 72.8 Å². The predicted molar refractivity (Wildman–Crippen MR) is 126 cm³/mol. The molecule has 0 aliphatic carbocycles. The van der Waals surface area contributed by atoms with Crippen LogP contribution < -0.4 is 5.73 Å². The molecule has 1 heterocycles. The van der Waals surface area contributed by atoms with Gasteiger partial charge in [0.15, 0.2) is 17.5 Å². The molecule has 5 heteroatoms. The van der Waals surface area contributed by atoms with Crippen LogP contribution in [0.3, 0.4) is 0 Å². The summed E-state index contributed by atoms with van der Waals surface area (Å²) in [7, 11) is 0. The second-order valence-electron chi connectivity index (χ2n) is 7.35. The second-order valence-corrected chi connectivity index (χ2v) is 7.35. The predicted octanol–water partition coefficient (Wildman–Crippen LogP) is 6.26. The minimum Gasteiger partial charge on any atom is -0.396 e. The van der Waals surface area contributed by atoms with Gasteiger partial charge in [-0.05, 0) is 29.3 Å². The van der Waals surface area contributed by atoms with Gasteiger partial charge in [-0.25, -0.2) is 19.3 Å². The molecule has 4 aromatic carbocycles. The monoisotopic (exact) mass is 418 g/mol. The standard InChI is InChI=1S/C27H19FN4/c28-23-17-22(15-16-24(23)29)27-31-25(20-9-5-2-6-10-20)30-26(32-27)21-13-11-19(12-14-21)18-7-3-1-4-8-18/h1-17H,29H2. The number of nitrogen functional groups attached to an aromatic ring is 1. The van der Waals surface area contributed by atoms with E-state index in [0.29, 0.717) is 23.0 Å². The van der Waals surface area contributed by atoms with Gasteiger partial charge in [0.1, 0.15) is 5.82 Å². The van der Waals surface area contributed by atoms with Gasteiger partial charge < -0.3 is 5.73 Å². The van der Waals surface area contributed by atoms with Crippen LogP contribution in [0.15, 0.2) is 103 Å². The van der Waals surface area contributed by atoms with Gasteiger partial charge in [0, 0.05) is 16.7 Å². The van der Waals surface area contributed by atoms with Gasteiger partial charge in [-0.15, -0.1) is 0 Å². The van der Waals surface area contributed by atoms with Crippen LogP contribution in [0.4, 0.5) is 10.1 Å². The zero-order valence-electron chi connectivity index (χ0n) is 17.1. The normalized spacial score (nSPS) is 10.8. The van der Waals surface area contributed by atoms with Crippen molar-refractivity contribution in [2.75, 3.05) is 5.73 Å². The summed E-state index contributed by atoms with van der Waals surface area (Å²) in [6.07, 6.45) is 0. The number of nitrogens with two attached hydrogens (primary N) is 1. The third kappa shape index (κ3) is 3.96. The number of halogens is 1. The van der Waals surface area contributed by atoms with Gasteiger partial charge in [-0.2, -0.15) is 0 Å². The van der Waals surface area contributed by atoms with E-state index in [1.54, 1.807) is 6.07 Å². The lowest BCUT2D eigenvalue weighted by Gasteiger charge is -2.09. The molecule has 32 heavy (non-hydrogen) atoms. The maximum Gasteiger partial charge on any atom is 0.164 e. The van der Waals surface area contributed by atoms with Crippen molar-refractivity contribution in [3.05, 3.63) is 109 Å². The fourth-order valence-corrected chi connectivity index (χ4v) is 3.46.